The molecule has 1 aliphatic heterocycles. The van der Waals surface area contributed by atoms with Gasteiger partial charge in [0.1, 0.15) is 14.8 Å². The fourth-order valence-electron chi connectivity index (χ4n) is 3.93. The summed E-state index contributed by atoms with van der Waals surface area (Å²) in [6.45, 7) is 11.2. The third-order valence-electron chi connectivity index (χ3n) is 6.57. The van der Waals surface area contributed by atoms with Crippen LogP contribution in [0.15, 0.2) is 46.8 Å². The molecule has 1 aromatic rings. The average molecular weight is 518 g/mol. The number of rotatable bonds is 10. The van der Waals surface area contributed by atoms with Gasteiger partial charge in [0.15, 0.2) is 0 Å². The van der Waals surface area contributed by atoms with E-state index in [1.165, 1.54) is 12.1 Å². The number of hydrogen-bond donors (Lipinski definition) is 1. The summed E-state index contributed by atoms with van der Waals surface area (Å²) in [6.07, 6.45) is 2.06. The van der Waals surface area contributed by atoms with E-state index >= 15 is 0 Å². The van der Waals surface area contributed by atoms with Gasteiger partial charge in [-0.15, -0.1) is 0 Å². The molecule has 1 fully saturated rings. The number of carbonyl (C=O) groups is 2. The number of benzene rings is 1. The molecule has 0 radical (unpaired) electrons. The first kappa shape index (κ1) is 29.2. The normalized spacial score (nSPS) is 17.9. The zero-order valence-corrected chi connectivity index (χ0v) is 22.3. The van der Waals surface area contributed by atoms with Gasteiger partial charge in [0.05, 0.1) is 28.6 Å². The van der Waals surface area contributed by atoms with Crippen molar-refractivity contribution in [2.75, 3.05) is 26.8 Å². The van der Waals surface area contributed by atoms with Gasteiger partial charge < -0.3 is 19.4 Å². The number of dihydropyridines is 1. The van der Waals surface area contributed by atoms with Gasteiger partial charge in [-0.2, -0.15) is 0 Å². The minimum absolute atomic E-state index is 0. The predicted octanol–water partition coefficient (Wildman–Crippen LogP) is 4.73. The minimum atomic E-state index is -1.53. The van der Waals surface area contributed by atoms with E-state index in [-0.39, 0.29) is 30.9 Å². The van der Waals surface area contributed by atoms with E-state index in [0.717, 1.165) is 12.8 Å². The quantitative estimate of drug-likeness (QED) is 0.205. The number of nitrogens with one attached hydrogen (secondary N) is 1. The van der Waals surface area contributed by atoms with E-state index < -0.39 is 31.0 Å². The Morgan fingerprint density at radius 3 is 2.22 bits per heavy atom. The summed E-state index contributed by atoms with van der Waals surface area (Å²) in [4.78, 5) is 37.5. The summed E-state index contributed by atoms with van der Waals surface area (Å²) in [5.74, 6) is -1.56. The average Bonchev–Trinajstić information content (AvgIpc) is 3.60. The molecule has 1 saturated carbocycles. The van der Waals surface area contributed by atoms with E-state index in [4.69, 9.17) is 9.47 Å². The Morgan fingerprint density at radius 1 is 1.11 bits per heavy atom. The van der Waals surface area contributed by atoms with Crippen molar-refractivity contribution >= 4 is 25.9 Å². The van der Waals surface area contributed by atoms with Crippen molar-refractivity contribution in [1.82, 2.24) is 9.88 Å². The van der Waals surface area contributed by atoms with Gasteiger partial charge in [-0.1, -0.05) is 39.2 Å². The van der Waals surface area contributed by atoms with Crippen LogP contribution in [0.1, 0.15) is 45.6 Å². The zero-order valence-electron chi connectivity index (χ0n) is 21.3. The first-order chi connectivity index (χ1) is 16.4. The van der Waals surface area contributed by atoms with Crippen molar-refractivity contribution in [2.24, 2.45) is 5.92 Å². The van der Waals surface area contributed by atoms with Crippen LogP contribution in [0, 0.1) is 16.0 Å². The summed E-state index contributed by atoms with van der Waals surface area (Å²) in [5, 5.41) is 14.6. The molecule has 0 spiro atoms. The molecular weight excluding hydrogens is 478 g/mol. The molecule has 2 aliphatic rings. The SMILES string of the molecule is C.CC1=C(C(=O)OCCN(C)[Si](C)(C)C)C(c2cccc([N+](=O)[O-])c2)C(C(=O)OCC2CC2)=C(C)N1. The van der Waals surface area contributed by atoms with E-state index in [0.29, 0.717) is 36.0 Å². The van der Waals surface area contributed by atoms with Crippen LogP contribution in [0.5, 0.6) is 0 Å². The minimum Gasteiger partial charge on any atom is -0.462 e. The summed E-state index contributed by atoms with van der Waals surface area (Å²) < 4.78 is 13.4. The largest absolute Gasteiger partial charge is 0.462 e. The summed E-state index contributed by atoms with van der Waals surface area (Å²) >= 11 is 0. The van der Waals surface area contributed by atoms with E-state index in [1.54, 1.807) is 26.0 Å². The lowest BCUT2D eigenvalue weighted by Crippen LogP contribution is -2.45. The van der Waals surface area contributed by atoms with Crippen LogP contribution in [-0.2, 0) is 19.1 Å². The predicted molar refractivity (Wildman–Crippen MR) is 142 cm³/mol. The van der Waals surface area contributed by atoms with Gasteiger partial charge >= 0.3 is 11.9 Å². The van der Waals surface area contributed by atoms with Crippen LogP contribution < -0.4 is 5.32 Å². The molecule has 1 aliphatic carbocycles. The van der Waals surface area contributed by atoms with Crippen LogP contribution in [-0.4, -0.2) is 56.5 Å². The molecular formula is C26H39N3O6Si. The smallest absolute Gasteiger partial charge is 0.336 e. The van der Waals surface area contributed by atoms with E-state index in [1.807, 2.05) is 7.05 Å². The maximum Gasteiger partial charge on any atom is 0.336 e. The molecule has 3 rings (SSSR count). The van der Waals surface area contributed by atoms with Crippen molar-refractivity contribution in [2.45, 2.75) is 59.7 Å². The van der Waals surface area contributed by atoms with Crippen LogP contribution in [0.2, 0.25) is 19.6 Å². The molecule has 9 nitrogen and oxygen atoms in total. The third kappa shape index (κ3) is 7.04. The molecule has 1 N–H and O–H groups in total. The van der Waals surface area contributed by atoms with Crippen molar-refractivity contribution < 1.29 is 24.0 Å². The highest BCUT2D eigenvalue weighted by Crippen LogP contribution is 2.40. The molecule has 1 atom stereocenters. The molecule has 0 saturated heterocycles. The number of nitro benzene ring substituents is 1. The number of non-ortho nitro benzene ring substituents is 1. The Labute approximate surface area is 214 Å². The molecule has 0 amide bonds. The van der Waals surface area contributed by atoms with Crippen molar-refractivity contribution in [3.8, 4) is 0 Å². The number of hydrogen-bond acceptors (Lipinski definition) is 8. The van der Waals surface area contributed by atoms with Gasteiger partial charge in [-0.3, -0.25) is 10.1 Å². The monoisotopic (exact) mass is 517 g/mol. The Balaban J connectivity index is 0.00000456. The second-order valence-electron chi connectivity index (χ2n) is 10.3. The number of allylic oxidation sites excluding steroid dienone is 2. The van der Waals surface area contributed by atoms with Gasteiger partial charge in [-0.05, 0) is 45.2 Å². The van der Waals surface area contributed by atoms with Crippen LogP contribution in [0.3, 0.4) is 0 Å². The number of ether oxygens (including phenoxy) is 2. The molecule has 1 unspecified atom stereocenters. The summed E-state index contributed by atoms with van der Waals surface area (Å²) in [7, 11) is 0.480. The fraction of sp³-hybridized carbons (Fsp3) is 0.538. The lowest BCUT2D eigenvalue weighted by Gasteiger charge is -2.31. The maximum atomic E-state index is 13.4. The van der Waals surface area contributed by atoms with Gasteiger partial charge in [-0.25, -0.2) is 9.59 Å². The van der Waals surface area contributed by atoms with Crippen molar-refractivity contribution in [3.63, 3.8) is 0 Å². The number of nitro groups is 1. The topological polar surface area (TPSA) is 111 Å². The van der Waals surface area contributed by atoms with Crippen molar-refractivity contribution in [3.05, 3.63) is 62.5 Å². The van der Waals surface area contributed by atoms with Gasteiger partial charge in [0.2, 0.25) is 0 Å². The molecule has 198 valence electrons. The lowest BCUT2D eigenvalue weighted by molar-refractivity contribution is -0.384. The number of carbonyl (C=O) groups excluding carboxylic acids is 2. The lowest BCUT2D eigenvalue weighted by atomic mass is 9.80. The molecule has 10 heteroatoms. The Kier molecular flexibility index (Phi) is 9.62. The first-order valence-electron chi connectivity index (χ1n) is 11.9. The molecule has 36 heavy (non-hydrogen) atoms. The highest BCUT2D eigenvalue weighted by Gasteiger charge is 2.39. The second-order valence-corrected chi connectivity index (χ2v) is 15.4. The Morgan fingerprint density at radius 2 is 1.69 bits per heavy atom. The second kappa shape index (κ2) is 11.8. The van der Waals surface area contributed by atoms with Gasteiger partial charge in [0, 0.05) is 30.1 Å². The van der Waals surface area contributed by atoms with E-state index in [9.17, 15) is 19.7 Å². The molecule has 1 heterocycles. The van der Waals surface area contributed by atoms with Crippen molar-refractivity contribution in [1.29, 1.82) is 0 Å². The Bertz CT molecular complexity index is 1070. The molecule has 0 bridgehead atoms. The molecule has 1 aromatic carbocycles. The van der Waals surface area contributed by atoms with E-state index in [2.05, 4.69) is 29.5 Å². The standard InChI is InChI=1S/C25H35N3O6Si.CH4/c1-16-21(24(29)33-13-12-27(3)35(4,5)6)23(19-8-7-9-20(14-19)28(31)32)22(17(2)26-16)25(30)34-15-18-10-11-18;/h7-9,14,18,23,26H,10-13,15H2,1-6H3;1H4. The maximum absolute atomic E-state index is 13.4. The Hall–Kier alpha value is -2.98. The summed E-state index contributed by atoms with van der Waals surface area (Å²) in [6, 6.07) is 6.02. The van der Waals surface area contributed by atoms with Crippen LogP contribution in [0.25, 0.3) is 0 Å². The third-order valence-corrected chi connectivity index (χ3v) is 9.08. The first-order valence-corrected chi connectivity index (χ1v) is 15.3. The number of esters is 2. The fourth-order valence-corrected chi connectivity index (χ4v) is 4.69. The number of nitrogens with zero attached hydrogens (tertiary/aromatic N) is 2. The molecule has 0 aromatic heterocycles. The highest BCUT2D eigenvalue weighted by atomic mass is 28.3. The van der Waals surface area contributed by atoms with Crippen LogP contribution >= 0.6 is 0 Å². The highest BCUT2D eigenvalue weighted by molar-refractivity contribution is 6.73. The zero-order chi connectivity index (χ0) is 25.9. The summed E-state index contributed by atoms with van der Waals surface area (Å²) in [5.41, 5.74) is 1.96. The van der Waals surface area contributed by atoms with Gasteiger partial charge in [0.25, 0.3) is 5.69 Å². The van der Waals surface area contributed by atoms with Crippen LogP contribution in [0.4, 0.5) is 5.69 Å². The number of likely N-dealkylation sites (N-methyl/N-ethyl adjacent to an activating group) is 1.